The minimum absolute atomic E-state index is 0.273. The molecule has 2 rings (SSSR count). The van der Waals surface area contributed by atoms with E-state index in [1.807, 2.05) is 0 Å². The molecule has 1 heterocycles. The zero-order valence-corrected chi connectivity index (χ0v) is 8.32. The molecule has 0 aliphatic carbocycles. The van der Waals surface area contributed by atoms with E-state index in [4.69, 9.17) is 5.73 Å². The number of nitrogens with zero attached hydrogens (tertiary/aromatic N) is 2. The van der Waals surface area contributed by atoms with E-state index in [-0.39, 0.29) is 17.3 Å². The molecular formula is C9H7F3N4O. The summed E-state index contributed by atoms with van der Waals surface area (Å²) in [7, 11) is 0. The first-order chi connectivity index (χ1) is 7.96. The first-order valence-corrected chi connectivity index (χ1v) is 4.47. The van der Waals surface area contributed by atoms with Crippen LogP contribution in [-0.4, -0.2) is 21.5 Å². The van der Waals surface area contributed by atoms with E-state index in [1.165, 1.54) is 12.4 Å². The van der Waals surface area contributed by atoms with E-state index < -0.39 is 6.36 Å². The van der Waals surface area contributed by atoms with Crippen LogP contribution in [0.4, 0.5) is 18.9 Å². The molecular weight excluding hydrogens is 237 g/mol. The van der Waals surface area contributed by atoms with Gasteiger partial charge in [-0.3, -0.25) is 5.10 Å². The molecule has 0 aliphatic rings. The van der Waals surface area contributed by atoms with Crippen LogP contribution in [-0.2, 0) is 0 Å². The number of hydrogen-bond acceptors (Lipinski definition) is 4. The van der Waals surface area contributed by atoms with Crippen molar-refractivity contribution in [1.29, 1.82) is 0 Å². The maximum atomic E-state index is 12.0. The fourth-order valence-electron chi connectivity index (χ4n) is 1.27. The van der Waals surface area contributed by atoms with Gasteiger partial charge in [-0.1, -0.05) is 0 Å². The third kappa shape index (κ3) is 2.65. The molecule has 0 bridgehead atoms. The van der Waals surface area contributed by atoms with Crippen LogP contribution in [0, 0.1) is 0 Å². The summed E-state index contributed by atoms with van der Waals surface area (Å²) in [6.45, 7) is 0. The monoisotopic (exact) mass is 244 g/mol. The molecule has 2 aromatic rings. The summed E-state index contributed by atoms with van der Waals surface area (Å²) < 4.78 is 39.9. The third-order valence-electron chi connectivity index (χ3n) is 1.93. The van der Waals surface area contributed by atoms with Gasteiger partial charge in [-0.15, -0.1) is 13.2 Å². The lowest BCUT2D eigenvalue weighted by atomic mass is 10.1. The number of halogens is 3. The van der Waals surface area contributed by atoms with E-state index in [0.717, 1.165) is 12.1 Å². The molecule has 5 nitrogen and oxygen atoms in total. The van der Waals surface area contributed by atoms with Crippen molar-refractivity contribution in [2.24, 2.45) is 0 Å². The van der Waals surface area contributed by atoms with Crippen molar-refractivity contribution in [1.82, 2.24) is 15.2 Å². The molecule has 17 heavy (non-hydrogen) atoms. The second-order valence-corrected chi connectivity index (χ2v) is 3.13. The summed E-state index contributed by atoms with van der Waals surface area (Å²) in [5.41, 5.74) is 6.19. The molecule has 8 heteroatoms. The maximum absolute atomic E-state index is 12.0. The number of ether oxygens (including phenoxy) is 1. The van der Waals surface area contributed by atoms with Crippen LogP contribution in [0.25, 0.3) is 11.4 Å². The first kappa shape index (κ1) is 11.2. The lowest BCUT2D eigenvalue weighted by molar-refractivity contribution is -0.274. The second-order valence-electron chi connectivity index (χ2n) is 3.13. The number of aromatic nitrogens is 3. The summed E-state index contributed by atoms with van der Waals surface area (Å²) in [5, 5.41) is 6.10. The van der Waals surface area contributed by atoms with Gasteiger partial charge in [0, 0.05) is 11.3 Å². The van der Waals surface area contributed by atoms with Crippen LogP contribution in [0.3, 0.4) is 0 Å². The third-order valence-corrected chi connectivity index (χ3v) is 1.93. The molecule has 0 amide bonds. The van der Waals surface area contributed by atoms with Gasteiger partial charge in [0.1, 0.15) is 12.1 Å². The van der Waals surface area contributed by atoms with Gasteiger partial charge >= 0.3 is 6.36 Å². The molecule has 0 saturated carbocycles. The van der Waals surface area contributed by atoms with Crippen molar-refractivity contribution in [3.05, 3.63) is 24.5 Å². The number of alkyl halides is 3. The summed E-state index contributed by atoms with van der Waals surface area (Å²) in [5.74, 6) is -0.0896. The maximum Gasteiger partial charge on any atom is 0.573 e. The normalized spacial score (nSPS) is 11.5. The summed E-state index contributed by atoms with van der Waals surface area (Å²) >= 11 is 0. The quantitative estimate of drug-likeness (QED) is 0.791. The zero-order valence-electron chi connectivity index (χ0n) is 8.32. The molecule has 0 aliphatic heterocycles. The zero-order chi connectivity index (χ0) is 12.5. The van der Waals surface area contributed by atoms with E-state index in [2.05, 4.69) is 19.9 Å². The van der Waals surface area contributed by atoms with Gasteiger partial charge in [0.2, 0.25) is 0 Å². The average Bonchev–Trinajstić information content (AvgIpc) is 2.72. The standard InChI is InChI=1S/C9H7F3N4O/c10-9(11,12)17-5-1-2-7(13)6(3-5)8-14-4-15-16-8/h1-4H,13H2,(H,14,15,16). The van der Waals surface area contributed by atoms with Gasteiger partial charge in [0.25, 0.3) is 0 Å². The summed E-state index contributed by atoms with van der Waals surface area (Å²) in [6.07, 6.45) is -3.51. The van der Waals surface area contributed by atoms with Crippen LogP contribution >= 0.6 is 0 Å². The predicted molar refractivity (Wildman–Crippen MR) is 52.9 cm³/mol. The molecule has 0 unspecified atom stereocenters. The summed E-state index contributed by atoms with van der Waals surface area (Å²) in [4.78, 5) is 3.80. The molecule has 0 fully saturated rings. The molecule has 90 valence electrons. The Balaban J connectivity index is 2.37. The Kier molecular flexibility index (Phi) is 2.62. The highest BCUT2D eigenvalue weighted by Gasteiger charge is 2.31. The van der Waals surface area contributed by atoms with E-state index in [1.54, 1.807) is 0 Å². The molecule has 0 spiro atoms. The number of anilines is 1. The van der Waals surface area contributed by atoms with Gasteiger partial charge in [-0.05, 0) is 18.2 Å². The molecule has 1 aromatic heterocycles. The van der Waals surface area contributed by atoms with Crippen molar-refractivity contribution < 1.29 is 17.9 Å². The number of nitrogens with one attached hydrogen (secondary N) is 1. The predicted octanol–water partition coefficient (Wildman–Crippen LogP) is 1.95. The Bertz CT molecular complexity index is 509. The number of hydrogen-bond donors (Lipinski definition) is 2. The van der Waals surface area contributed by atoms with Gasteiger partial charge < -0.3 is 10.5 Å². The highest BCUT2D eigenvalue weighted by molar-refractivity contribution is 5.72. The highest BCUT2D eigenvalue weighted by Crippen LogP contribution is 2.30. The van der Waals surface area contributed by atoms with Crippen molar-refractivity contribution >= 4 is 5.69 Å². The lowest BCUT2D eigenvalue weighted by Crippen LogP contribution is -2.17. The van der Waals surface area contributed by atoms with E-state index >= 15 is 0 Å². The Morgan fingerprint density at radius 1 is 1.29 bits per heavy atom. The smallest absolute Gasteiger partial charge is 0.406 e. The number of nitrogen functional groups attached to an aromatic ring is 1. The molecule has 0 atom stereocenters. The number of aromatic amines is 1. The van der Waals surface area contributed by atoms with E-state index in [0.29, 0.717) is 5.56 Å². The van der Waals surface area contributed by atoms with Crippen LogP contribution in [0.15, 0.2) is 24.5 Å². The van der Waals surface area contributed by atoms with Gasteiger partial charge in [-0.25, -0.2) is 4.98 Å². The van der Waals surface area contributed by atoms with Crippen LogP contribution < -0.4 is 10.5 Å². The fraction of sp³-hybridized carbons (Fsp3) is 0.111. The Morgan fingerprint density at radius 3 is 2.65 bits per heavy atom. The first-order valence-electron chi connectivity index (χ1n) is 4.47. The largest absolute Gasteiger partial charge is 0.573 e. The van der Waals surface area contributed by atoms with Gasteiger partial charge in [0.05, 0.1) is 0 Å². The van der Waals surface area contributed by atoms with E-state index in [9.17, 15) is 13.2 Å². The van der Waals surface area contributed by atoms with Crippen molar-refractivity contribution in [2.75, 3.05) is 5.73 Å². The van der Waals surface area contributed by atoms with Crippen LogP contribution in [0.5, 0.6) is 5.75 Å². The SMILES string of the molecule is Nc1ccc(OC(F)(F)F)cc1-c1ncn[nH]1. The van der Waals surface area contributed by atoms with Crippen molar-refractivity contribution in [3.8, 4) is 17.1 Å². The Hall–Kier alpha value is -2.25. The van der Waals surface area contributed by atoms with Crippen molar-refractivity contribution in [3.63, 3.8) is 0 Å². The Labute approximate surface area is 93.4 Å². The van der Waals surface area contributed by atoms with Crippen molar-refractivity contribution in [2.45, 2.75) is 6.36 Å². The van der Waals surface area contributed by atoms with Gasteiger partial charge in [-0.2, -0.15) is 5.10 Å². The molecule has 0 saturated heterocycles. The molecule has 3 N–H and O–H groups in total. The lowest BCUT2D eigenvalue weighted by Gasteiger charge is -2.10. The summed E-state index contributed by atoms with van der Waals surface area (Å²) in [6, 6.07) is 3.57. The number of nitrogens with two attached hydrogens (primary N) is 1. The molecule has 0 radical (unpaired) electrons. The highest BCUT2D eigenvalue weighted by atomic mass is 19.4. The topological polar surface area (TPSA) is 76.8 Å². The van der Waals surface area contributed by atoms with Crippen LogP contribution in [0.2, 0.25) is 0 Å². The minimum atomic E-state index is -4.74. The Morgan fingerprint density at radius 2 is 2.06 bits per heavy atom. The number of rotatable bonds is 2. The van der Waals surface area contributed by atoms with Crippen LogP contribution in [0.1, 0.15) is 0 Å². The number of H-pyrrole nitrogens is 1. The molecule has 1 aromatic carbocycles. The van der Waals surface area contributed by atoms with Gasteiger partial charge in [0.15, 0.2) is 5.82 Å². The minimum Gasteiger partial charge on any atom is -0.406 e. The average molecular weight is 244 g/mol. The number of benzene rings is 1. The second kappa shape index (κ2) is 3.96. The fourth-order valence-corrected chi connectivity index (χ4v) is 1.27.